The zero-order valence-electron chi connectivity index (χ0n) is 6.24. The highest BCUT2D eigenvalue weighted by molar-refractivity contribution is 5.91. The van der Waals surface area contributed by atoms with Crippen molar-refractivity contribution >= 4 is 17.2 Å². The number of para-hydroxylation sites is 1. The van der Waals surface area contributed by atoms with E-state index in [1.54, 1.807) is 18.2 Å². The third-order valence-corrected chi connectivity index (χ3v) is 1.78. The SMILES string of the molecule is O=Cc1cc2cccc(O)c2[nH]1. The molecule has 1 aromatic heterocycles. The van der Waals surface area contributed by atoms with E-state index in [0.717, 1.165) is 11.7 Å². The Morgan fingerprint density at radius 3 is 2.92 bits per heavy atom. The van der Waals surface area contributed by atoms with Gasteiger partial charge < -0.3 is 10.1 Å². The van der Waals surface area contributed by atoms with Crippen LogP contribution in [0, 0.1) is 0 Å². The lowest BCUT2D eigenvalue weighted by Gasteiger charge is -1.91. The first kappa shape index (κ1) is 6.91. The number of aromatic hydroxyl groups is 1. The molecule has 2 rings (SSSR count). The van der Waals surface area contributed by atoms with Crippen LogP contribution >= 0.6 is 0 Å². The summed E-state index contributed by atoms with van der Waals surface area (Å²) in [6, 6.07) is 6.84. The van der Waals surface area contributed by atoms with Gasteiger partial charge in [-0.2, -0.15) is 0 Å². The van der Waals surface area contributed by atoms with E-state index in [2.05, 4.69) is 4.98 Å². The minimum absolute atomic E-state index is 0.167. The molecule has 0 atom stereocenters. The second kappa shape index (κ2) is 2.37. The van der Waals surface area contributed by atoms with Crippen LogP contribution in [0.25, 0.3) is 10.9 Å². The maximum atomic E-state index is 10.4. The summed E-state index contributed by atoms with van der Waals surface area (Å²) < 4.78 is 0. The summed E-state index contributed by atoms with van der Waals surface area (Å²) in [6.45, 7) is 0. The van der Waals surface area contributed by atoms with Gasteiger partial charge in [0.2, 0.25) is 0 Å². The number of carbonyl (C=O) groups is 1. The Labute approximate surface area is 68.6 Å². The standard InChI is InChI=1S/C9H7NO2/c11-5-7-4-6-2-1-3-8(12)9(6)10-7/h1-5,10,12H. The molecule has 3 nitrogen and oxygen atoms in total. The number of benzene rings is 1. The number of aldehydes is 1. The van der Waals surface area contributed by atoms with Crippen molar-refractivity contribution < 1.29 is 9.90 Å². The fourth-order valence-corrected chi connectivity index (χ4v) is 1.23. The molecular formula is C9H7NO2. The predicted octanol–water partition coefficient (Wildman–Crippen LogP) is 1.69. The predicted molar refractivity (Wildman–Crippen MR) is 45.4 cm³/mol. The van der Waals surface area contributed by atoms with Gasteiger partial charge in [0.25, 0.3) is 0 Å². The highest BCUT2D eigenvalue weighted by Crippen LogP contribution is 2.23. The van der Waals surface area contributed by atoms with E-state index in [1.807, 2.05) is 6.07 Å². The Balaban J connectivity index is 2.82. The number of nitrogens with one attached hydrogen (secondary N) is 1. The lowest BCUT2D eigenvalue weighted by atomic mass is 10.2. The summed E-state index contributed by atoms with van der Waals surface area (Å²) in [5.41, 5.74) is 1.09. The highest BCUT2D eigenvalue weighted by atomic mass is 16.3. The van der Waals surface area contributed by atoms with Crippen LogP contribution in [-0.2, 0) is 0 Å². The first-order valence-corrected chi connectivity index (χ1v) is 3.57. The van der Waals surface area contributed by atoms with Crippen molar-refractivity contribution in [3.63, 3.8) is 0 Å². The maximum Gasteiger partial charge on any atom is 0.166 e. The van der Waals surface area contributed by atoms with Crippen molar-refractivity contribution in [2.75, 3.05) is 0 Å². The Morgan fingerprint density at radius 2 is 2.25 bits per heavy atom. The third-order valence-electron chi connectivity index (χ3n) is 1.78. The number of phenolic OH excluding ortho intramolecular Hbond substituents is 1. The van der Waals surface area contributed by atoms with Gasteiger partial charge in [-0.1, -0.05) is 12.1 Å². The number of rotatable bonds is 1. The van der Waals surface area contributed by atoms with Crippen molar-refractivity contribution in [2.45, 2.75) is 0 Å². The number of carbonyl (C=O) groups excluding carboxylic acids is 1. The summed E-state index contributed by atoms with van der Waals surface area (Å²) in [4.78, 5) is 13.2. The molecule has 1 heterocycles. The molecule has 0 saturated heterocycles. The van der Waals surface area contributed by atoms with Gasteiger partial charge in [0.1, 0.15) is 5.75 Å². The Hall–Kier alpha value is -1.77. The lowest BCUT2D eigenvalue weighted by molar-refractivity contribution is 0.112. The molecular weight excluding hydrogens is 154 g/mol. The number of phenols is 1. The second-order valence-electron chi connectivity index (χ2n) is 2.58. The zero-order chi connectivity index (χ0) is 8.55. The Bertz CT molecular complexity index is 431. The van der Waals surface area contributed by atoms with Gasteiger partial charge >= 0.3 is 0 Å². The number of hydrogen-bond acceptors (Lipinski definition) is 2. The molecule has 12 heavy (non-hydrogen) atoms. The van der Waals surface area contributed by atoms with Crippen LogP contribution in [0.15, 0.2) is 24.3 Å². The van der Waals surface area contributed by atoms with Gasteiger partial charge in [-0.15, -0.1) is 0 Å². The fourth-order valence-electron chi connectivity index (χ4n) is 1.23. The minimum Gasteiger partial charge on any atom is -0.506 e. The molecule has 0 aliphatic rings. The van der Waals surface area contributed by atoms with Crippen LogP contribution in [0.3, 0.4) is 0 Å². The van der Waals surface area contributed by atoms with E-state index in [0.29, 0.717) is 11.2 Å². The number of fused-ring (bicyclic) bond motifs is 1. The smallest absolute Gasteiger partial charge is 0.166 e. The Kier molecular flexibility index (Phi) is 1.37. The molecule has 0 saturated carbocycles. The number of aromatic amines is 1. The van der Waals surface area contributed by atoms with Gasteiger partial charge in [0.15, 0.2) is 6.29 Å². The van der Waals surface area contributed by atoms with Gasteiger partial charge in [-0.05, 0) is 12.1 Å². The molecule has 0 unspecified atom stereocenters. The zero-order valence-corrected chi connectivity index (χ0v) is 6.24. The fraction of sp³-hybridized carbons (Fsp3) is 0. The number of H-pyrrole nitrogens is 1. The monoisotopic (exact) mass is 161 g/mol. The largest absolute Gasteiger partial charge is 0.506 e. The van der Waals surface area contributed by atoms with Crippen molar-refractivity contribution in [1.29, 1.82) is 0 Å². The second-order valence-corrected chi connectivity index (χ2v) is 2.58. The topological polar surface area (TPSA) is 53.1 Å². The molecule has 60 valence electrons. The Morgan fingerprint density at radius 1 is 1.42 bits per heavy atom. The summed E-state index contributed by atoms with van der Waals surface area (Å²) in [5, 5.41) is 10.2. The van der Waals surface area contributed by atoms with E-state index < -0.39 is 0 Å². The van der Waals surface area contributed by atoms with Crippen LogP contribution < -0.4 is 0 Å². The normalized spacial score (nSPS) is 10.3. The van der Waals surface area contributed by atoms with Crippen LogP contribution in [0.4, 0.5) is 0 Å². The quantitative estimate of drug-likeness (QED) is 0.625. The average molecular weight is 161 g/mol. The van der Waals surface area contributed by atoms with E-state index >= 15 is 0 Å². The molecule has 3 heteroatoms. The number of aromatic nitrogens is 1. The molecule has 1 aromatic carbocycles. The third kappa shape index (κ3) is 0.871. The maximum absolute atomic E-state index is 10.4. The van der Waals surface area contributed by atoms with Crippen molar-refractivity contribution in [2.24, 2.45) is 0 Å². The van der Waals surface area contributed by atoms with Crippen molar-refractivity contribution in [1.82, 2.24) is 4.98 Å². The van der Waals surface area contributed by atoms with E-state index in [9.17, 15) is 9.90 Å². The molecule has 0 aliphatic heterocycles. The molecule has 0 aliphatic carbocycles. The number of hydrogen-bond donors (Lipinski definition) is 2. The van der Waals surface area contributed by atoms with Crippen LogP contribution in [-0.4, -0.2) is 16.4 Å². The van der Waals surface area contributed by atoms with Crippen LogP contribution in [0.1, 0.15) is 10.5 Å². The molecule has 0 amide bonds. The highest BCUT2D eigenvalue weighted by Gasteiger charge is 2.02. The minimum atomic E-state index is 0.167. The molecule has 0 spiro atoms. The van der Waals surface area contributed by atoms with Gasteiger partial charge in [-0.25, -0.2) is 0 Å². The van der Waals surface area contributed by atoms with Gasteiger partial charge in [0, 0.05) is 5.39 Å². The summed E-state index contributed by atoms with van der Waals surface area (Å²) in [7, 11) is 0. The van der Waals surface area contributed by atoms with Crippen LogP contribution in [0.5, 0.6) is 5.75 Å². The average Bonchev–Trinajstić information content (AvgIpc) is 2.49. The molecule has 2 aromatic rings. The van der Waals surface area contributed by atoms with Crippen molar-refractivity contribution in [3.8, 4) is 5.75 Å². The summed E-state index contributed by atoms with van der Waals surface area (Å²) in [6.07, 6.45) is 0.722. The first-order valence-electron chi connectivity index (χ1n) is 3.57. The molecule has 0 bridgehead atoms. The molecule has 0 fully saturated rings. The van der Waals surface area contributed by atoms with Crippen molar-refractivity contribution in [3.05, 3.63) is 30.0 Å². The van der Waals surface area contributed by atoms with Crippen LogP contribution in [0.2, 0.25) is 0 Å². The summed E-state index contributed by atoms with van der Waals surface area (Å²) in [5.74, 6) is 0.167. The van der Waals surface area contributed by atoms with Gasteiger partial charge in [0.05, 0.1) is 11.2 Å². The summed E-state index contributed by atoms with van der Waals surface area (Å²) >= 11 is 0. The lowest BCUT2D eigenvalue weighted by Crippen LogP contribution is -1.75. The van der Waals surface area contributed by atoms with E-state index in [4.69, 9.17) is 0 Å². The van der Waals surface area contributed by atoms with E-state index in [1.165, 1.54) is 0 Å². The molecule has 0 radical (unpaired) electrons. The van der Waals surface area contributed by atoms with Gasteiger partial charge in [-0.3, -0.25) is 4.79 Å². The van der Waals surface area contributed by atoms with E-state index in [-0.39, 0.29) is 5.75 Å². The molecule has 2 N–H and O–H groups in total. The first-order chi connectivity index (χ1) is 5.81.